The zero-order chi connectivity index (χ0) is 15.1. The SMILES string of the molecule is CN(C(=O)NSC(=O)Cc1ccccc1)c1ccccc1. The fourth-order valence-corrected chi connectivity index (χ4v) is 2.31. The standard InChI is InChI=1S/C16H16N2O2S/c1-18(14-10-6-3-7-11-14)16(20)17-21-15(19)12-13-8-4-2-5-9-13/h2-11H,12H2,1H3,(H,17,20). The minimum atomic E-state index is -0.326. The number of para-hydroxylation sites is 1. The van der Waals surface area contributed by atoms with Crippen LogP contribution in [0.2, 0.25) is 0 Å². The molecular formula is C16H16N2O2S. The van der Waals surface area contributed by atoms with Crippen molar-refractivity contribution in [1.29, 1.82) is 0 Å². The molecular weight excluding hydrogens is 284 g/mol. The first-order chi connectivity index (χ1) is 10.2. The first-order valence-electron chi connectivity index (χ1n) is 6.49. The van der Waals surface area contributed by atoms with Crippen LogP contribution >= 0.6 is 11.9 Å². The Labute approximate surface area is 128 Å². The molecule has 0 radical (unpaired) electrons. The fourth-order valence-electron chi connectivity index (χ4n) is 1.74. The van der Waals surface area contributed by atoms with Gasteiger partial charge in [-0.05, 0) is 17.7 Å². The summed E-state index contributed by atoms with van der Waals surface area (Å²) in [5.41, 5.74) is 1.70. The van der Waals surface area contributed by atoms with Gasteiger partial charge in [0.2, 0.25) is 5.12 Å². The van der Waals surface area contributed by atoms with Crippen molar-refractivity contribution in [1.82, 2.24) is 4.72 Å². The Morgan fingerprint density at radius 1 is 1.00 bits per heavy atom. The van der Waals surface area contributed by atoms with Crippen LogP contribution in [0.4, 0.5) is 10.5 Å². The van der Waals surface area contributed by atoms with Gasteiger partial charge in [0.15, 0.2) is 0 Å². The molecule has 2 amide bonds. The van der Waals surface area contributed by atoms with Gasteiger partial charge in [-0.25, -0.2) is 4.79 Å². The number of nitrogens with one attached hydrogen (secondary N) is 1. The van der Waals surface area contributed by atoms with Gasteiger partial charge in [0.1, 0.15) is 0 Å². The number of anilines is 1. The molecule has 0 heterocycles. The maximum absolute atomic E-state index is 11.9. The van der Waals surface area contributed by atoms with Crippen LogP contribution in [0.25, 0.3) is 0 Å². The van der Waals surface area contributed by atoms with E-state index in [-0.39, 0.29) is 11.1 Å². The highest BCUT2D eigenvalue weighted by atomic mass is 32.2. The molecule has 2 rings (SSSR count). The number of hydrogen-bond acceptors (Lipinski definition) is 3. The quantitative estimate of drug-likeness (QED) is 0.885. The molecule has 5 heteroatoms. The van der Waals surface area contributed by atoms with E-state index in [1.165, 1.54) is 4.90 Å². The Kier molecular flexibility index (Phi) is 5.40. The van der Waals surface area contributed by atoms with Gasteiger partial charge in [-0.15, -0.1) is 0 Å². The second-order valence-corrected chi connectivity index (χ2v) is 5.30. The predicted molar refractivity (Wildman–Crippen MR) is 86.1 cm³/mol. The normalized spacial score (nSPS) is 9.95. The maximum Gasteiger partial charge on any atom is 0.331 e. The Morgan fingerprint density at radius 2 is 1.57 bits per heavy atom. The third-order valence-corrected chi connectivity index (χ3v) is 3.54. The van der Waals surface area contributed by atoms with Crippen LogP contribution < -0.4 is 9.62 Å². The van der Waals surface area contributed by atoms with Gasteiger partial charge < -0.3 is 0 Å². The van der Waals surface area contributed by atoms with E-state index < -0.39 is 0 Å². The van der Waals surface area contributed by atoms with E-state index in [9.17, 15) is 9.59 Å². The second-order valence-electron chi connectivity index (χ2n) is 4.44. The number of hydrogen-bond donors (Lipinski definition) is 1. The molecule has 0 aromatic heterocycles. The average Bonchev–Trinajstić information content (AvgIpc) is 2.53. The van der Waals surface area contributed by atoms with Crippen molar-refractivity contribution in [3.63, 3.8) is 0 Å². The van der Waals surface area contributed by atoms with Gasteiger partial charge in [0.05, 0.1) is 0 Å². The summed E-state index contributed by atoms with van der Waals surface area (Å²) < 4.78 is 2.56. The van der Waals surface area contributed by atoms with Crippen molar-refractivity contribution in [3.05, 3.63) is 66.2 Å². The first-order valence-corrected chi connectivity index (χ1v) is 7.31. The number of urea groups is 1. The van der Waals surface area contributed by atoms with Crippen LogP contribution in [0.5, 0.6) is 0 Å². The van der Waals surface area contributed by atoms with Crippen molar-refractivity contribution in [3.8, 4) is 0 Å². The van der Waals surface area contributed by atoms with Gasteiger partial charge in [-0.3, -0.25) is 14.4 Å². The Bertz CT molecular complexity index is 602. The van der Waals surface area contributed by atoms with E-state index in [1.807, 2.05) is 60.7 Å². The monoisotopic (exact) mass is 300 g/mol. The molecule has 0 saturated heterocycles. The van der Waals surface area contributed by atoms with Crippen LogP contribution in [0.1, 0.15) is 5.56 Å². The van der Waals surface area contributed by atoms with Crippen molar-refractivity contribution in [2.75, 3.05) is 11.9 Å². The van der Waals surface area contributed by atoms with Gasteiger partial charge in [0, 0.05) is 31.1 Å². The topological polar surface area (TPSA) is 49.4 Å². The largest absolute Gasteiger partial charge is 0.331 e. The summed E-state index contributed by atoms with van der Waals surface area (Å²) in [6.07, 6.45) is 0.292. The summed E-state index contributed by atoms with van der Waals surface area (Å²) >= 11 is 0.822. The zero-order valence-corrected chi connectivity index (χ0v) is 12.5. The van der Waals surface area contributed by atoms with Gasteiger partial charge >= 0.3 is 6.03 Å². The number of benzene rings is 2. The highest BCUT2D eigenvalue weighted by molar-refractivity contribution is 8.12. The molecule has 0 fully saturated rings. The molecule has 2 aromatic rings. The number of amides is 2. The third-order valence-electron chi connectivity index (χ3n) is 2.89. The van der Waals surface area contributed by atoms with E-state index >= 15 is 0 Å². The van der Waals surface area contributed by atoms with E-state index in [1.54, 1.807) is 7.05 Å². The van der Waals surface area contributed by atoms with Crippen LogP contribution in [0, 0.1) is 0 Å². The number of carbonyl (C=O) groups excluding carboxylic acids is 2. The lowest BCUT2D eigenvalue weighted by Crippen LogP contribution is -2.34. The lowest BCUT2D eigenvalue weighted by molar-refractivity contribution is -0.110. The molecule has 0 aliphatic heterocycles. The summed E-state index contributed by atoms with van der Waals surface area (Å²) in [7, 11) is 1.66. The summed E-state index contributed by atoms with van der Waals surface area (Å²) in [4.78, 5) is 25.2. The Balaban J connectivity index is 1.82. The van der Waals surface area contributed by atoms with Crippen LogP contribution in [0.15, 0.2) is 60.7 Å². The van der Waals surface area contributed by atoms with Crippen LogP contribution in [0.3, 0.4) is 0 Å². The maximum atomic E-state index is 11.9. The molecule has 0 bridgehead atoms. The molecule has 108 valence electrons. The van der Waals surface area contributed by atoms with Crippen molar-refractivity contribution >= 4 is 28.8 Å². The Hall–Kier alpha value is -2.27. The highest BCUT2D eigenvalue weighted by Gasteiger charge is 2.12. The molecule has 21 heavy (non-hydrogen) atoms. The first kappa shape index (κ1) is 15.1. The van der Waals surface area contributed by atoms with Crippen LogP contribution in [-0.2, 0) is 11.2 Å². The molecule has 2 aromatic carbocycles. The lowest BCUT2D eigenvalue weighted by Gasteiger charge is -2.17. The van der Waals surface area contributed by atoms with E-state index in [2.05, 4.69) is 4.72 Å². The van der Waals surface area contributed by atoms with Crippen molar-refractivity contribution in [2.24, 2.45) is 0 Å². The van der Waals surface area contributed by atoms with E-state index in [4.69, 9.17) is 0 Å². The molecule has 0 spiro atoms. The number of rotatable bonds is 3. The Morgan fingerprint density at radius 3 is 2.19 bits per heavy atom. The molecule has 4 nitrogen and oxygen atoms in total. The van der Waals surface area contributed by atoms with E-state index in [0.29, 0.717) is 6.42 Å². The average molecular weight is 300 g/mol. The zero-order valence-electron chi connectivity index (χ0n) is 11.7. The van der Waals surface area contributed by atoms with Gasteiger partial charge in [-0.2, -0.15) is 0 Å². The summed E-state index contributed by atoms with van der Waals surface area (Å²) in [5.74, 6) is 0. The van der Waals surface area contributed by atoms with Crippen molar-refractivity contribution < 1.29 is 9.59 Å². The van der Waals surface area contributed by atoms with Crippen LogP contribution in [-0.4, -0.2) is 18.2 Å². The molecule has 1 N–H and O–H groups in total. The molecule has 0 unspecified atom stereocenters. The smallest absolute Gasteiger partial charge is 0.297 e. The summed E-state index contributed by atoms with van der Waals surface area (Å²) in [6.45, 7) is 0. The van der Waals surface area contributed by atoms with Gasteiger partial charge in [0.25, 0.3) is 0 Å². The highest BCUT2D eigenvalue weighted by Crippen LogP contribution is 2.12. The molecule has 0 saturated carbocycles. The predicted octanol–water partition coefficient (Wildman–Crippen LogP) is 3.25. The minimum Gasteiger partial charge on any atom is -0.297 e. The minimum absolute atomic E-state index is 0.101. The number of carbonyl (C=O) groups is 2. The van der Waals surface area contributed by atoms with Gasteiger partial charge in [-0.1, -0.05) is 48.5 Å². The molecule has 0 atom stereocenters. The second kappa shape index (κ2) is 7.50. The molecule has 0 aliphatic carbocycles. The summed E-state index contributed by atoms with van der Waals surface area (Å²) in [5, 5.41) is -0.101. The van der Waals surface area contributed by atoms with Crippen molar-refractivity contribution in [2.45, 2.75) is 6.42 Å². The molecule has 0 aliphatic rings. The number of nitrogens with zero attached hydrogens (tertiary/aromatic N) is 1. The third kappa shape index (κ3) is 4.65. The summed E-state index contributed by atoms with van der Waals surface area (Å²) in [6, 6.07) is 18.4. The lowest BCUT2D eigenvalue weighted by atomic mass is 10.2. The van der Waals surface area contributed by atoms with E-state index in [0.717, 1.165) is 23.2 Å². The fraction of sp³-hybridized carbons (Fsp3) is 0.125.